The van der Waals surface area contributed by atoms with Gasteiger partial charge in [-0.3, -0.25) is 4.72 Å². The quantitative estimate of drug-likeness (QED) is 0.467. The van der Waals surface area contributed by atoms with Crippen LogP contribution in [-0.2, 0) is 10.0 Å². The molecule has 7 nitrogen and oxygen atoms in total. The average molecular weight is 448 g/mol. The molecule has 0 saturated carbocycles. The van der Waals surface area contributed by atoms with Crippen LogP contribution < -0.4 is 9.46 Å². The summed E-state index contributed by atoms with van der Waals surface area (Å²) < 4.78 is 58.9. The van der Waals surface area contributed by atoms with Crippen molar-refractivity contribution < 1.29 is 21.9 Å². The number of alkyl halides is 2. The normalized spacial score (nSPS) is 11.7. The Morgan fingerprint density at radius 2 is 1.93 bits per heavy atom. The van der Waals surface area contributed by atoms with Crippen molar-refractivity contribution in [3.05, 3.63) is 59.9 Å². The van der Waals surface area contributed by atoms with Gasteiger partial charge in [0.2, 0.25) is 0 Å². The van der Waals surface area contributed by atoms with Crippen LogP contribution in [-0.4, -0.2) is 30.5 Å². The molecule has 11 heteroatoms. The first kappa shape index (κ1) is 20.1. The van der Waals surface area contributed by atoms with E-state index in [9.17, 15) is 17.2 Å². The van der Waals surface area contributed by atoms with E-state index in [-0.39, 0.29) is 21.3 Å². The third kappa shape index (κ3) is 3.81. The number of aromatic nitrogens is 3. The van der Waals surface area contributed by atoms with E-state index in [0.717, 1.165) is 11.3 Å². The second kappa shape index (κ2) is 7.92. The number of rotatable bonds is 6. The Labute approximate surface area is 174 Å². The summed E-state index contributed by atoms with van der Waals surface area (Å²) in [6.45, 7) is 0. The lowest BCUT2D eigenvalue weighted by Gasteiger charge is -2.12. The molecule has 2 aromatic heterocycles. The van der Waals surface area contributed by atoms with E-state index in [1.807, 2.05) is 0 Å². The van der Waals surface area contributed by atoms with Crippen molar-refractivity contribution in [2.45, 2.75) is 11.3 Å². The van der Waals surface area contributed by atoms with Crippen molar-refractivity contribution in [1.29, 1.82) is 0 Å². The number of hydrogen-bond donors (Lipinski definition) is 1. The highest BCUT2D eigenvalue weighted by molar-refractivity contribution is 7.93. The largest absolute Gasteiger partial charge is 0.496 e. The first-order chi connectivity index (χ1) is 14.4. The van der Waals surface area contributed by atoms with E-state index in [1.54, 1.807) is 11.4 Å². The van der Waals surface area contributed by atoms with E-state index in [4.69, 9.17) is 4.74 Å². The smallest absolute Gasteiger partial charge is 0.263 e. The zero-order chi connectivity index (χ0) is 21.3. The summed E-state index contributed by atoms with van der Waals surface area (Å²) in [5.74, 6) is 0.231. The van der Waals surface area contributed by atoms with Gasteiger partial charge in [0.25, 0.3) is 16.4 Å². The third-order valence-corrected chi connectivity index (χ3v) is 6.46. The lowest BCUT2D eigenvalue weighted by Crippen LogP contribution is -2.12. The average Bonchev–Trinajstić information content (AvgIpc) is 3.24. The van der Waals surface area contributed by atoms with Gasteiger partial charge in [-0.25, -0.2) is 32.2 Å². The Bertz CT molecular complexity index is 1310. The number of nitrogens with one attached hydrogen (secondary N) is 1. The molecule has 0 bridgehead atoms. The van der Waals surface area contributed by atoms with Crippen molar-refractivity contribution in [3.63, 3.8) is 0 Å². The van der Waals surface area contributed by atoms with Gasteiger partial charge in [0.1, 0.15) is 12.1 Å². The number of fused-ring (bicyclic) bond motifs is 1. The van der Waals surface area contributed by atoms with Gasteiger partial charge in [-0.2, -0.15) is 0 Å². The molecule has 0 saturated heterocycles. The molecule has 1 N–H and O–H groups in total. The molecule has 0 spiro atoms. The van der Waals surface area contributed by atoms with E-state index in [2.05, 4.69) is 19.7 Å². The monoisotopic (exact) mass is 448 g/mol. The molecule has 4 rings (SSSR count). The zero-order valence-electron chi connectivity index (χ0n) is 15.4. The lowest BCUT2D eigenvalue weighted by atomic mass is 10.0. The molecule has 0 fully saturated rings. The predicted octanol–water partition coefficient (Wildman–Crippen LogP) is 4.50. The Morgan fingerprint density at radius 1 is 1.10 bits per heavy atom. The number of halogens is 2. The first-order valence-corrected chi connectivity index (χ1v) is 10.9. The maximum atomic E-state index is 13.0. The van der Waals surface area contributed by atoms with Crippen LogP contribution in [0.15, 0.2) is 59.2 Å². The Hall–Kier alpha value is -3.18. The fourth-order valence-corrected chi connectivity index (χ4v) is 4.71. The molecular weight excluding hydrogens is 434 g/mol. The summed E-state index contributed by atoms with van der Waals surface area (Å²) in [4.78, 5) is 12.3. The lowest BCUT2D eigenvalue weighted by molar-refractivity contribution is 0.151. The molecule has 0 amide bonds. The molecule has 0 radical (unpaired) electrons. The summed E-state index contributed by atoms with van der Waals surface area (Å²) in [6.07, 6.45) is 0.144. The summed E-state index contributed by atoms with van der Waals surface area (Å²) >= 11 is 1.16. The minimum absolute atomic E-state index is 0.00913. The van der Waals surface area contributed by atoms with Crippen molar-refractivity contribution in [2.75, 3.05) is 11.8 Å². The molecule has 0 atom stereocenters. The van der Waals surface area contributed by atoms with Gasteiger partial charge in [-0.15, -0.1) is 11.3 Å². The SMILES string of the molecule is COc1cc(C(F)F)ccc1-c1ncnc2cc(S(=O)(=O)Nc3nccs3)ccc12. The van der Waals surface area contributed by atoms with Crippen LogP contribution in [0, 0.1) is 0 Å². The van der Waals surface area contributed by atoms with Crippen molar-refractivity contribution in [3.8, 4) is 17.0 Å². The van der Waals surface area contributed by atoms with E-state index < -0.39 is 16.4 Å². The van der Waals surface area contributed by atoms with Gasteiger partial charge < -0.3 is 4.74 Å². The number of methoxy groups -OCH3 is 1. The molecule has 0 unspecified atom stereocenters. The predicted molar refractivity (Wildman–Crippen MR) is 109 cm³/mol. The van der Waals surface area contributed by atoms with Crippen LogP contribution in [0.5, 0.6) is 5.75 Å². The van der Waals surface area contributed by atoms with Gasteiger partial charge in [0, 0.05) is 28.1 Å². The highest BCUT2D eigenvalue weighted by Crippen LogP contribution is 2.36. The maximum Gasteiger partial charge on any atom is 0.263 e. The second-order valence-corrected chi connectivity index (χ2v) is 8.68. The van der Waals surface area contributed by atoms with Gasteiger partial charge in [-0.1, -0.05) is 6.07 Å². The highest BCUT2D eigenvalue weighted by Gasteiger charge is 2.19. The summed E-state index contributed by atoms with van der Waals surface area (Å²) in [5.41, 5.74) is 1.14. The van der Waals surface area contributed by atoms with Gasteiger partial charge in [0.15, 0.2) is 5.13 Å². The summed E-state index contributed by atoms with van der Waals surface area (Å²) in [5, 5.41) is 2.46. The van der Waals surface area contributed by atoms with Gasteiger partial charge in [-0.05, 0) is 30.3 Å². The highest BCUT2D eigenvalue weighted by atomic mass is 32.2. The molecule has 2 aromatic carbocycles. The second-order valence-electron chi connectivity index (χ2n) is 6.10. The minimum Gasteiger partial charge on any atom is -0.496 e. The molecule has 30 heavy (non-hydrogen) atoms. The van der Waals surface area contributed by atoms with E-state index in [0.29, 0.717) is 22.2 Å². The summed E-state index contributed by atoms with van der Waals surface area (Å²) in [7, 11) is -2.47. The van der Waals surface area contributed by atoms with Crippen LogP contribution in [0.2, 0.25) is 0 Å². The molecular formula is C19H14F2N4O3S2. The number of hydrogen-bond acceptors (Lipinski definition) is 7. The maximum absolute atomic E-state index is 13.0. The van der Waals surface area contributed by atoms with E-state index in [1.165, 1.54) is 50.0 Å². The zero-order valence-corrected chi connectivity index (χ0v) is 17.0. The van der Waals surface area contributed by atoms with Crippen LogP contribution in [0.1, 0.15) is 12.0 Å². The molecule has 0 aliphatic heterocycles. The van der Waals surface area contributed by atoms with Crippen molar-refractivity contribution >= 4 is 37.4 Å². The third-order valence-electron chi connectivity index (χ3n) is 4.30. The standard InChI is InChI=1S/C19H14F2N4O3S2/c1-28-16-8-11(18(20)21)2-4-14(16)17-13-5-3-12(9-15(13)23-10-24-17)30(26,27)25-19-22-6-7-29-19/h2-10,18H,1H3,(H,22,25). The van der Waals surface area contributed by atoms with E-state index >= 15 is 0 Å². The molecule has 0 aliphatic rings. The number of sulfonamides is 1. The number of ether oxygens (including phenoxy) is 1. The van der Waals surface area contributed by atoms with Gasteiger partial charge >= 0.3 is 0 Å². The van der Waals surface area contributed by atoms with Crippen LogP contribution in [0.3, 0.4) is 0 Å². The Balaban J connectivity index is 1.79. The topological polar surface area (TPSA) is 94.1 Å². The van der Waals surface area contributed by atoms with Crippen LogP contribution in [0.4, 0.5) is 13.9 Å². The van der Waals surface area contributed by atoms with Crippen LogP contribution >= 0.6 is 11.3 Å². The fourth-order valence-electron chi connectivity index (χ4n) is 2.91. The molecule has 0 aliphatic carbocycles. The molecule has 154 valence electrons. The van der Waals surface area contributed by atoms with Crippen molar-refractivity contribution in [2.24, 2.45) is 0 Å². The Kier molecular flexibility index (Phi) is 5.31. The number of anilines is 1. The minimum atomic E-state index is -3.85. The fraction of sp³-hybridized carbons (Fsp3) is 0.105. The molecule has 2 heterocycles. The Morgan fingerprint density at radius 3 is 2.63 bits per heavy atom. The van der Waals surface area contributed by atoms with Gasteiger partial charge in [0.05, 0.1) is 23.2 Å². The number of thiazole rings is 1. The number of benzene rings is 2. The van der Waals surface area contributed by atoms with Crippen LogP contribution in [0.25, 0.3) is 22.2 Å². The van der Waals surface area contributed by atoms with Crippen molar-refractivity contribution in [1.82, 2.24) is 15.0 Å². The summed E-state index contributed by atoms with van der Waals surface area (Å²) in [6, 6.07) is 8.46. The number of nitrogens with zero attached hydrogens (tertiary/aromatic N) is 3. The first-order valence-electron chi connectivity index (χ1n) is 8.52. The molecule has 4 aromatic rings.